The summed E-state index contributed by atoms with van der Waals surface area (Å²) in [6.45, 7) is 4.00. The zero-order valence-corrected chi connectivity index (χ0v) is 12.8. The van der Waals surface area contributed by atoms with Crippen molar-refractivity contribution in [1.82, 2.24) is 4.90 Å². The normalized spacial score (nSPS) is 18.1. The van der Waals surface area contributed by atoms with Crippen LogP contribution in [0.3, 0.4) is 0 Å². The van der Waals surface area contributed by atoms with Crippen LogP contribution in [0.5, 0.6) is 0 Å². The van der Waals surface area contributed by atoms with Gasteiger partial charge < -0.3 is 4.74 Å². The van der Waals surface area contributed by atoms with Crippen molar-refractivity contribution >= 4 is 11.7 Å². The molecule has 0 aliphatic carbocycles. The number of rotatable bonds is 3. The Morgan fingerprint density at radius 2 is 1.55 bits per heavy atom. The summed E-state index contributed by atoms with van der Waals surface area (Å²) in [6.07, 6.45) is 1.18. The zero-order chi connectivity index (χ0) is 15.5. The van der Waals surface area contributed by atoms with Crippen LogP contribution >= 0.6 is 0 Å². The smallest absolute Gasteiger partial charge is 0.253 e. The molecule has 112 valence electrons. The molecule has 1 heterocycles. The first-order valence-electron chi connectivity index (χ1n) is 7.48. The van der Waals surface area contributed by atoms with Gasteiger partial charge in [-0.05, 0) is 13.8 Å². The van der Waals surface area contributed by atoms with Crippen molar-refractivity contribution < 1.29 is 9.53 Å². The molecule has 0 bridgehead atoms. The number of nitrogens with zero attached hydrogens (tertiary/aromatic N) is 1. The summed E-state index contributed by atoms with van der Waals surface area (Å²) in [5.74, 6) is 0.602. The molecule has 3 rings (SSSR count). The molecule has 3 heteroatoms. The van der Waals surface area contributed by atoms with Crippen molar-refractivity contribution in [2.45, 2.75) is 26.1 Å². The third kappa shape index (κ3) is 2.75. The van der Waals surface area contributed by atoms with E-state index in [9.17, 15) is 4.79 Å². The molecular formula is C19H19NO2. The van der Waals surface area contributed by atoms with E-state index in [1.165, 1.54) is 0 Å². The summed E-state index contributed by atoms with van der Waals surface area (Å²) in [5.41, 5.74) is 1.89. The van der Waals surface area contributed by atoms with E-state index in [1.54, 1.807) is 11.0 Å². The molecule has 22 heavy (non-hydrogen) atoms. The van der Waals surface area contributed by atoms with Gasteiger partial charge in [-0.3, -0.25) is 9.69 Å². The number of amides is 1. The Kier molecular flexibility index (Phi) is 3.96. The number of hydrogen-bond acceptors (Lipinski definition) is 2. The summed E-state index contributed by atoms with van der Waals surface area (Å²) >= 11 is 0. The lowest BCUT2D eigenvalue weighted by molar-refractivity contribution is -0.142. The fraction of sp³-hybridized carbons (Fsp3) is 0.211. The SMILES string of the molecule is CC(C)N1C(=O)C=C(c2ccccc2)OC1c1ccccc1. The predicted octanol–water partition coefficient (Wildman–Crippen LogP) is 3.99. The zero-order valence-electron chi connectivity index (χ0n) is 12.8. The molecule has 0 N–H and O–H groups in total. The molecule has 2 aromatic carbocycles. The Balaban J connectivity index is 2.01. The molecule has 1 atom stereocenters. The van der Waals surface area contributed by atoms with Crippen LogP contribution < -0.4 is 0 Å². The second kappa shape index (κ2) is 6.06. The Bertz CT molecular complexity index is 677. The van der Waals surface area contributed by atoms with Crippen LogP contribution in [0.15, 0.2) is 66.7 Å². The Morgan fingerprint density at radius 1 is 0.955 bits per heavy atom. The summed E-state index contributed by atoms with van der Waals surface area (Å²) in [6, 6.07) is 19.6. The molecule has 0 radical (unpaired) electrons. The monoisotopic (exact) mass is 293 g/mol. The van der Waals surface area contributed by atoms with E-state index in [4.69, 9.17) is 4.74 Å². The van der Waals surface area contributed by atoms with E-state index in [2.05, 4.69) is 0 Å². The van der Waals surface area contributed by atoms with Crippen molar-refractivity contribution in [3.05, 3.63) is 77.9 Å². The fourth-order valence-corrected chi connectivity index (χ4v) is 2.64. The summed E-state index contributed by atoms with van der Waals surface area (Å²) in [7, 11) is 0. The van der Waals surface area contributed by atoms with Gasteiger partial charge in [-0.1, -0.05) is 60.7 Å². The third-order valence-electron chi connectivity index (χ3n) is 3.70. The van der Waals surface area contributed by atoms with Crippen molar-refractivity contribution in [1.29, 1.82) is 0 Å². The van der Waals surface area contributed by atoms with Crippen molar-refractivity contribution in [3.63, 3.8) is 0 Å². The maximum atomic E-state index is 12.6. The molecular weight excluding hydrogens is 274 g/mol. The van der Waals surface area contributed by atoms with Gasteiger partial charge in [-0.15, -0.1) is 0 Å². The van der Waals surface area contributed by atoms with Gasteiger partial charge in [-0.25, -0.2) is 0 Å². The maximum Gasteiger partial charge on any atom is 0.253 e. The molecule has 0 saturated carbocycles. The summed E-state index contributed by atoms with van der Waals surface area (Å²) in [4.78, 5) is 14.3. The topological polar surface area (TPSA) is 29.5 Å². The van der Waals surface area contributed by atoms with Crippen molar-refractivity contribution in [2.75, 3.05) is 0 Å². The minimum Gasteiger partial charge on any atom is -0.465 e. The van der Waals surface area contributed by atoms with E-state index in [-0.39, 0.29) is 11.9 Å². The van der Waals surface area contributed by atoms with E-state index in [0.717, 1.165) is 11.1 Å². The van der Waals surface area contributed by atoms with Gasteiger partial charge >= 0.3 is 0 Å². The number of carbonyl (C=O) groups is 1. The van der Waals surface area contributed by atoms with Crippen LogP contribution in [0.4, 0.5) is 0 Å². The molecule has 1 amide bonds. The molecule has 0 saturated heterocycles. The number of benzene rings is 2. The summed E-state index contributed by atoms with van der Waals surface area (Å²) in [5, 5.41) is 0. The minimum atomic E-state index is -0.395. The van der Waals surface area contributed by atoms with Gasteiger partial charge in [0.15, 0.2) is 0 Å². The first kappa shape index (κ1) is 14.4. The van der Waals surface area contributed by atoms with Gasteiger partial charge in [0, 0.05) is 23.2 Å². The number of ether oxygens (including phenoxy) is 1. The first-order chi connectivity index (χ1) is 10.7. The van der Waals surface area contributed by atoms with Gasteiger partial charge in [-0.2, -0.15) is 0 Å². The van der Waals surface area contributed by atoms with Gasteiger partial charge in [0.05, 0.1) is 0 Å². The van der Waals surface area contributed by atoms with Gasteiger partial charge in [0.2, 0.25) is 6.23 Å². The van der Waals surface area contributed by atoms with Crippen molar-refractivity contribution in [2.24, 2.45) is 0 Å². The first-order valence-corrected chi connectivity index (χ1v) is 7.48. The quantitative estimate of drug-likeness (QED) is 0.856. The van der Waals surface area contributed by atoms with Crippen LogP contribution in [0, 0.1) is 0 Å². The lowest BCUT2D eigenvalue weighted by Gasteiger charge is -2.38. The highest BCUT2D eigenvalue weighted by atomic mass is 16.5. The average molecular weight is 293 g/mol. The standard InChI is InChI=1S/C19H19NO2/c1-14(2)20-18(21)13-17(15-9-5-3-6-10-15)22-19(20)16-11-7-4-8-12-16/h3-14,19H,1-2H3. The molecule has 2 aromatic rings. The minimum absolute atomic E-state index is 0.0195. The number of hydrogen-bond donors (Lipinski definition) is 0. The van der Waals surface area contributed by atoms with E-state index in [1.807, 2.05) is 74.5 Å². The van der Waals surface area contributed by atoms with Gasteiger partial charge in [0.1, 0.15) is 5.76 Å². The largest absolute Gasteiger partial charge is 0.465 e. The molecule has 0 aromatic heterocycles. The van der Waals surface area contributed by atoms with E-state index < -0.39 is 6.23 Å². The highest BCUT2D eigenvalue weighted by Gasteiger charge is 2.33. The van der Waals surface area contributed by atoms with Crippen LogP contribution in [-0.4, -0.2) is 16.8 Å². The average Bonchev–Trinajstić information content (AvgIpc) is 2.55. The highest BCUT2D eigenvalue weighted by molar-refractivity contribution is 5.95. The van der Waals surface area contributed by atoms with Crippen LogP contribution in [0.25, 0.3) is 5.76 Å². The van der Waals surface area contributed by atoms with Gasteiger partial charge in [0.25, 0.3) is 5.91 Å². The molecule has 0 spiro atoms. The second-order valence-electron chi connectivity index (χ2n) is 5.59. The fourth-order valence-electron chi connectivity index (χ4n) is 2.64. The Labute approximate surface area is 130 Å². The second-order valence-corrected chi connectivity index (χ2v) is 5.59. The lowest BCUT2D eigenvalue weighted by atomic mass is 10.1. The van der Waals surface area contributed by atoms with Crippen LogP contribution in [0.1, 0.15) is 31.2 Å². The molecule has 1 unspecified atom stereocenters. The molecule has 3 nitrogen and oxygen atoms in total. The predicted molar refractivity (Wildman–Crippen MR) is 86.7 cm³/mol. The maximum absolute atomic E-state index is 12.6. The third-order valence-corrected chi connectivity index (χ3v) is 3.70. The molecule has 1 aliphatic heterocycles. The molecule has 0 fully saturated rings. The van der Waals surface area contributed by atoms with Crippen LogP contribution in [0.2, 0.25) is 0 Å². The van der Waals surface area contributed by atoms with Crippen LogP contribution in [-0.2, 0) is 9.53 Å². The molecule has 1 aliphatic rings. The Hall–Kier alpha value is -2.55. The Morgan fingerprint density at radius 3 is 2.14 bits per heavy atom. The highest BCUT2D eigenvalue weighted by Crippen LogP contribution is 2.34. The number of carbonyl (C=O) groups excluding carboxylic acids is 1. The van der Waals surface area contributed by atoms with E-state index in [0.29, 0.717) is 5.76 Å². The van der Waals surface area contributed by atoms with E-state index >= 15 is 0 Å². The summed E-state index contributed by atoms with van der Waals surface area (Å²) < 4.78 is 6.17. The lowest BCUT2D eigenvalue weighted by Crippen LogP contribution is -2.42. The van der Waals surface area contributed by atoms with Crippen molar-refractivity contribution in [3.8, 4) is 0 Å².